The lowest BCUT2D eigenvalue weighted by Crippen LogP contribution is -2.32. The minimum Gasteiger partial charge on any atom is -0.394 e. The molecule has 0 aliphatic heterocycles. The Labute approximate surface area is 138 Å². The molecule has 2 aromatic carbocycles. The third-order valence-electron chi connectivity index (χ3n) is 4.13. The van der Waals surface area contributed by atoms with Gasteiger partial charge in [0, 0.05) is 10.4 Å². The van der Waals surface area contributed by atoms with E-state index in [1.807, 2.05) is 48.5 Å². The standard InChI is InChI=1S/C18H18BrNO2/c19-16-9-5-4-8-13(16)14-10-15(14)18(22)20-17(11-21)12-6-2-1-3-7-12/h1-9,14-15,17,21H,10-11H2,(H,20,22)/t14-,15+,17-/m0/s1. The predicted octanol–water partition coefficient (Wildman–Crippen LogP) is 3.40. The molecule has 1 aliphatic rings. The van der Waals surface area contributed by atoms with Crippen LogP contribution in [0.5, 0.6) is 0 Å². The molecule has 2 aromatic rings. The highest BCUT2D eigenvalue weighted by molar-refractivity contribution is 9.10. The lowest BCUT2D eigenvalue weighted by Gasteiger charge is -2.16. The van der Waals surface area contributed by atoms with Crippen LogP contribution in [0.15, 0.2) is 59.1 Å². The van der Waals surface area contributed by atoms with Crippen LogP contribution >= 0.6 is 15.9 Å². The number of hydrogen-bond acceptors (Lipinski definition) is 2. The fourth-order valence-corrected chi connectivity index (χ4v) is 3.38. The molecule has 0 heterocycles. The first-order chi connectivity index (χ1) is 10.7. The highest BCUT2D eigenvalue weighted by atomic mass is 79.9. The van der Waals surface area contributed by atoms with Gasteiger partial charge >= 0.3 is 0 Å². The van der Waals surface area contributed by atoms with E-state index in [4.69, 9.17) is 0 Å². The Hall–Kier alpha value is -1.65. The first kappa shape index (κ1) is 15.3. The van der Waals surface area contributed by atoms with Crippen LogP contribution in [0.4, 0.5) is 0 Å². The summed E-state index contributed by atoms with van der Waals surface area (Å²) < 4.78 is 1.05. The van der Waals surface area contributed by atoms with Crippen molar-refractivity contribution >= 4 is 21.8 Å². The number of benzene rings is 2. The smallest absolute Gasteiger partial charge is 0.224 e. The monoisotopic (exact) mass is 359 g/mol. The van der Waals surface area contributed by atoms with Crippen LogP contribution in [-0.4, -0.2) is 17.6 Å². The summed E-state index contributed by atoms with van der Waals surface area (Å²) in [4.78, 5) is 12.4. The zero-order valence-electron chi connectivity index (χ0n) is 12.1. The van der Waals surface area contributed by atoms with Gasteiger partial charge in [-0.05, 0) is 29.5 Å². The van der Waals surface area contributed by atoms with Gasteiger partial charge in [-0.2, -0.15) is 0 Å². The van der Waals surface area contributed by atoms with Crippen LogP contribution in [0.25, 0.3) is 0 Å². The Kier molecular flexibility index (Phi) is 4.60. The van der Waals surface area contributed by atoms with Gasteiger partial charge in [-0.15, -0.1) is 0 Å². The van der Waals surface area contributed by atoms with Crippen LogP contribution < -0.4 is 5.32 Å². The molecule has 0 aromatic heterocycles. The molecule has 114 valence electrons. The molecule has 1 fully saturated rings. The normalized spacial score (nSPS) is 21.2. The van der Waals surface area contributed by atoms with Gasteiger partial charge in [-0.3, -0.25) is 4.79 Å². The van der Waals surface area contributed by atoms with E-state index in [1.54, 1.807) is 0 Å². The van der Waals surface area contributed by atoms with E-state index in [1.165, 1.54) is 5.56 Å². The zero-order valence-corrected chi connectivity index (χ0v) is 13.7. The third kappa shape index (κ3) is 3.23. The van der Waals surface area contributed by atoms with Gasteiger partial charge in [0.1, 0.15) is 0 Å². The number of nitrogens with one attached hydrogen (secondary N) is 1. The maximum atomic E-state index is 12.4. The van der Waals surface area contributed by atoms with Crippen molar-refractivity contribution in [3.63, 3.8) is 0 Å². The number of rotatable bonds is 5. The number of aliphatic hydroxyl groups excluding tert-OH is 1. The van der Waals surface area contributed by atoms with Crippen LogP contribution in [-0.2, 0) is 4.79 Å². The average molecular weight is 360 g/mol. The van der Waals surface area contributed by atoms with Crippen LogP contribution in [0, 0.1) is 5.92 Å². The topological polar surface area (TPSA) is 49.3 Å². The van der Waals surface area contributed by atoms with Gasteiger partial charge in [0.15, 0.2) is 0 Å². The summed E-state index contributed by atoms with van der Waals surface area (Å²) >= 11 is 3.54. The average Bonchev–Trinajstić information content (AvgIpc) is 3.34. The summed E-state index contributed by atoms with van der Waals surface area (Å²) in [5, 5.41) is 12.5. The van der Waals surface area contributed by atoms with Crippen LogP contribution in [0.1, 0.15) is 29.5 Å². The minimum atomic E-state index is -0.339. The molecule has 0 spiro atoms. The van der Waals surface area contributed by atoms with E-state index in [2.05, 4.69) is 27.3 Å². The van der Waals surface area contributed by atoms with Crippen molar-refractivity contribution in [2.75, 3.05) is 6.61 Å². The van der Waals surface area contributed by atoms with Crippen molar-refractivity contribution in [1.29, 1.82) is 0 Å². The van der Waals surface area contributed by atoms with Crippen molar-refractivity contribution in [3.05, 3.63) is 70.2 Å². The Morgan fingerprint density at radius 3 is 2.55 bits per heavy atom. The first-order valence-corrected chi connectivity index (χ1v) is 8.20. The van der Waals surface area contributed by atoms with E-state index < -0.39 is 0 Å². The summed E-state index contributed by atoms with van der Waals surface area (Å²) in [5.41, 5.74) is 2.11. The Bertz CT molecular complexity index is 659. The second-order valence-electron chi connectivity index (χ2n) is 5.62. The summed E-state index contributed by atoms with van der Waals surface area (Å²) in [6.45, 7) is -0.0951. The molecule has 1 aliphatic carbocycles. The molecule has 3 atom stereocenters. The second kappa shape index (κ2) is 6.63. The highest BCUT2D eigenvalue weighted by Crippen LogP contribution is 2.49. The van der Waals surface area contributed by atoms with Crippen molar-refractivity contribution in [1.82, 2.24) is 5.32 Å². The number of hydrogen-bond donors (Lipinski definition) is 2. The molecule has 22 heavy (non-hydrogen) atoms. The second-order valence-corrected chi connectivity index (χ2v) is 6.48. The van der Waals surface area contributed by atoms with Crippen molar-refractivity contribution < 1.29 is 9.90 Å². The SMILES string of the molecule is O=C(N[C@@H](CO)c1ccccc1)[C@@H]1C[C@H]1c1ccccc1Br. The molecule has 1 amide bonds. The number of aliphatic hydroxyl groups is 1. The third-order valence-corrected chi connectivity index (χ3v) is 4.86. The van der Waals surface area contributed by atoms with E-state index >= 15 is 0 Å². The van der Waals surface area contributed by atoms with Crippen molar-refractivity contribution in [2.45, 2.75) is 18.4 Å². The number of carbonyl (C=O) groups is 1. The first-order valence-electron chi connectivity index (χ1n) is 7.41. The summed E-state index contributed by atoms with van der Waals surface area (Å²) in [6.07, 6.45) is 0.862. The molecular weight excluding hydrogens is 342 g/mol. The van der Waals surface area contributed by atoms with Gasteiger partial charge in [0.25, 0.3) is 0 Å². The van der Waals surface area contributed by atoms with E-state index in [0.29, 0.717) is 0 Å². The van der Waals surface area contributed by atoms with Gasteiger partial charge in [0.2, 0.25) is 5.91 Å². The molecule has 0 radical (unpaired) electrons. The molecule has 0 unspecified atom stereocenters. The molecule has 3 nitrogen and oxygen atoms in total. The summed E-state index contributed by atoms with van der Waals surface area (Å²) in [6, 6.07) is 17.3. The van der Waals surface area contributed by atoms with E-state index in [0.717, 1.165) is 16.5 Å². The van der Waals surface area contributed by atoms with Crippen LogP contribution in [0.2, 0.25) is 0 Å². The lowest BCUT2D eigenvalue weighted by molar-refractivity contribution is -0.123. The van der Waals surface area contributed by atoms with Gasteiger partial charge in [0.05, 0.1) is 12.6 Å². The Balaban J connectivity index is 1.65. The quantitative estimate of drug-likeness (QED) is 0.859. The Morgan fingerprint density at radius 2 is 1.86 bits per heavy atom. The number of halogens is 1. The van der Waals surface area contributed by atoms with Crippen molar-refractivity contribution in [3.8, 4) is 0 Å². The van der Waals surface area contributed by atoms with Gasteiger partial charge in [-0.25, -0.2) is 0 Å². The lowest BCUT2D eigenvalue weighted by atomic mass is 10.1. The van der Waals surface area contributed by atoms with Crippen molar-refractivity contribution in [2.24, 2.45) is 5.92 Å². The minimum absolute atomic E-state index is 0.00328. The zero-order chi connectivity index (χ0) is 15.5. The number of carbonyl (C=O) groups excluding carboxylic acids is 1. The van der Waals surface area contributed by atoms with E-state index in [-0.39, 0.29) is 30.4 Å². The molecule has 4 heteroatoms. The highest BCUT2D eigenvalue weighted by Gasteiger charge is 2.45. The van der Waals surface area contributed by atoms with Gasteiger partial charge < -0.3 is 10.4 Å². The molecule has 2 N–H and O–H groups in total. The molecule has 1 saturated carbocycles. The molecular formula is C18H18BrNO2. The fraction of sp³-hybridized carbons (Fsp3) is 0.278. The summed E-state index contributed by atoms with van der Waals surface area (Å²) in [7, 11) is 0. The number of amides is 1. The molecule has 0 bridgehead atoms. The Morgan fingerprint density at radius 1 is 1.18 bits per heavy atom. The van der Waals surface area contributed by atoms with Gasteiger partial charge in [-0.1, -0.05) is 64.5 Å². The maximum Gasteiger partial charge on any atom is 0.224 e. The largest absolute Gasteiger partial charge is 0.394 e. The van der Waals surface area contributed by atoms with E-state index in [9.17, 15) is 9.90 Å². The molecule has 0 saturated heterocycles. The molecule has 3 rings (SSSR count). The van der Waals surface area contributed by atoms with Crippen LogP contribution in [0.3, 0.4) is 0 Å². The fourth-order valence-electron chi connectivity index (χ4n) is 2.80. The maximum absolute atomic E-state index is 12.4. The summed E-state index contributed by atoms with van der Waals surface area (Å²) in [5.74, 6) is 0.283. The predicted molar refractivity (Wildman–Crippen MR) is 89.4 cm³/mol.